The van der Waals surface area contributed by atoms with Gasteiger partial charge in [-0.05, 0) is 30.3 Å². The zero-order chi connectivity index (χ0) is 22.2. The summed E-state index contributed by atoms with van der Waals surface area (Å²) in [5, 5.41) is 3.29. The van der Waals surface area contributed by atoms with Crippen molar-refractivity contribution in [2.75, 3.05) is 5.32 Å². The van der Waals surface area contributed by atoms with Gasteiger partial charge in [-0.3, -0.25) is 14.2 Å². The molecule has 0 aliphatic rings. The van der Waals surface area contributed by atoms with Crippen LogP contribution in [0.5, 0.6) is 0 Å². The number of aromatic nitrogens is 3. The lowest BCUT2D eigenvalue weighted by molar-refractivity contribution is -0.116. The summed E-state index contributed by atoms with van der Waals surface area (Å²) in [7, 11) is 0. The Kier molecular flexibility index (Phi) is 5.16. The number of hydrogen-bond acceptors (Lipinski definition) is 5. The lowest BCUT2D eigenvalue weighted by atomic mass is 10.1. The standard InChI is InChI=1S/C23H14ClFN4O2S/c24-16-10-14(6-8-17(16)25)27-19(30)11-29-12-26-20-15-7-9-18(13-4-2-1-3-5-13)28-22(15)32-21(20)23(29)31/h1-10,12H,11H2,(H,27,30). The van der Waals surface area contributed by atoms with E-state index in [-0.39, 0.29) is 17.1 Å². The SMILES string of the molecule is O=C(Cn1cnc2c(sc3nc(-c4ccccc4)ccc32)c1=O)Nc1ccc(F)c(Cl)c1. The van der Waals surface area contributed by atoms with Crippen LogP contribution < -0.4 is 10.9 Å². The fourth-order valence-electron chi connectivity index (χ4n) is 3.36. The molecular formula is C23H14ClFN4O2S. The van der Waals surface area contributed by atoms with Crippen LogP contribution in [-0.2, 0) is 11.3 Å². The topological polar surface area (TPSA) is 76.9 Å². The number of carbonyl (C=O) groups is 1. The van der Waals surface area contributed by atoms with Crippen molar-refractivity contribution in [3.63, 3.8) is 0 Å². The first-order valence-corrected chi connectivity index (χ1v) is 10.8. The van der Waals surface area contributed by atoms with Gasteiger partial charge in [0.05, 0.1) is 22.6 Å². The Balaban J connectivity index is 1.46. The first kappa shape index (κ1) is 20.3. The van der Waals surface area contributed by atoms with E-state index in [9.17, 15) is 14.0 Å². The fourth-order valence-corrected chi connectivity index (χ4v) is 4.62. The molecule has 0 unspecified atom stereocenters. The number of halogens is 2. The maximum absolute atomic E-state index is 13.3. The van der Waals surface area contributed by atoms with Gasteiger partial charge in [0.25, 0.3) is 5.56 Å². The van der Waals surface area contributed by atoms with E-state index >= 15 is 0 Å². The zero-order valence-electron chi connectivity index (χ0n) is 16.4. The number of fused-ring (bicyclic) bond motifs is 3. The third-order valence-electron chi connectivity index (χ3n) is 4.90. The van der Waals surface area contributed by atoms with Crippen molar-refractivity contribution >= 4 is 55.0 Å². The number of hydrogen-bond donors (Lipinski definition) is 1. The highest BCUT2D eigenvalue weighted by atomic mass is 35.5. The summed E-state index contributed by atoms with van der Waals surface area (Å²) < 4.78 is 15.0. The van der Waals surface area contributed by atoms with Gasteiger partial charge in [0.2, 0.25) is 5.91 Å². The highest BCUT2D eigenvalue weighted by Crippen LogP contribution is 2.31. The number of thiophene rings is 1. The lowest BCUT2D eigenvalue weighted by Crippen LogP contribution is -2.27. The van der Waals surface area contributed by atoms with Crippen LogP contribution in [-0.4, -0.2) is 20.4 Å². The second kappa shape index (κ2) is 8.14. The summed E-state index contributed by atoms with van der Waals surface area (Å²) in [5.74, 6) is -1.04. The summed E-state index contributed by atoms with van der Waals surface area (Å²) in [4.78, 5) is 35.2. The Morgan fingerprint density at radius 1 is 1.12 bits per heavy atom. The maximum atomic E-state index is 13.3. The molecule has 0 saturated carbocycles. The van der Waals surface area contributed by atoms with Crippen molar-refractivity contribution < 1.29 is 9.18 Å². The number of nitrogens with one attached hydrogen (secondary N) is 1. The minimum Gasteiger partial charge on any atom is -0.324 e. The van der Waals surface area contributed by atoms with Crippen LogP contribution in [0.4, 0.5) is 10.1 Å². The molecule has 5 rings (SSSR count). The van der Waals surface area contributed by atoms with E-state index in [4.69, 9.17) is 16.6 Å². The second-order valence-corrected chi connectivity index (χ2v) is 8.46. The van der Waals surface area contributed by atoms with Crippen molar-refractivity contribution in [1.29, 1.82) is 0 Å². The number of anilines is 1. The molecule has 3 heterocycles. The fraction of sp³-hybridized carbons (Fsp3) is 0.0435. The molecule has 0 radical (unpaired) electrons. The molecule has 3 aromatic heterocycles. The van der Waals surface area contributed by atoms with Crippen LogP contribution >= 0.6 is 22.9 Å². The van der Waals surface area contributed by atoms with E-state index in [1.54, 1.807) is 0 Å². The highest BCUT2D eigenvalue weighted by molar-refractivity contribution is 7.25. The van der Waals surface area contributed by atoms with Crippen molar-refractivity contribution in [3.05, 3.63) is 88.2 Å². The van der Waals surface area contributed by atoms with E-state index < -0.39 is 11.7 Å². The van der Waals surface area contributed by atoms with Crippen molar-refractivity contribution in [1.82, 2.24) is 14.5 Å². The van der Waals surface area contributed by atoms with Gasteiger partial charge in [-0.2, -0.15) is 0 Å². The number of amides is 1. The number of benzene rings is 2. The maximum Gasteiger partial charge on any atom is 0.271 e. The predicted octanol–water partition coefficient (Wildman–Crippen LogP) is 5.10. The van der Waals surface area contributed by atoms with Gasteiger partial charge < -0.3 is 5.32 Å². The monoisotopic (exact) mass is 464 g/mol. The molecule has 0 fully saturated rings. The minimum atomic E-state index is -0.579. The average molecular weight is 465 g/mol. The Bertz CT molecular complexity index is 1550. The molecule has 0 spiro atoms. The Hall–Kier alpha value is -3.62. The average Bonchev–Trinajstić information content (AvgIpc) is 3.17. The Labute approximate surface area is 189 Å². The van der Waals surface area contributed by atoms with E-state index in [1.165, 1.54) is 34.4 Å². The third-order valence-corrected chi connectivity index (χ3v) is 6.26. The van der Waals surface area contributed by atoms with Crippen molar-refractivity contribution in [3.8, 4) is 11.3 Å². The zero-order valence-corrected chi connectivity index (χ0v) is 18.0. The van der Waals surface area contributed by atoms with E-state index in [2.05, 4.69) is 10.3 Å². The van der Waals surface area contributed by atoms with Crippen LogP contribution in [0.3, 0.4) is 0 Å². The highest BCUT2D eigenvalue weighted by Gasteiger charge is 2.15. The molecule has 6 nitrogen and oxygen atoms in total. The molecule has 5 aromatic rings. The molecule has 1 N–H and O–H groups in total. The van der Waals surface area contributed by atoms with E-state index in [1.807, 2.05) is 42.5 Å². The van der Waals surface area contributed by atoms with Crippen LogP contribution in [0, 0.1) is 5.82 Å². The van der Waals surface area contributed by atoms with Crippen LogP contribution in [0.25, 0.3) is 31.7 Å². The van der Waals surface area contributed by atoms with Gasteiger partial charge in [0, 0.05) is 16.6 Å². The summed E-state index contributed by atoms with van der Waals surface area (Å²) in [6.45, 7) is -0.242. The molecule has 32 heavy (non-hydrogen) atoms. The molecule has 9 heteroatoms. The van der Waals surface area contributed by atoms with E-state index in [0.717, 1.165) is 22.7 Å². The quantitative estimate of drug-likeness (QED) is 0.401. The molecule has 1 amide bonds. The first-order chi connectivity index (χ1) is 15.5. The number of nitrogens with zero attached hydrogens (tertiary/aromatic N) is 3. The molecule has 0 atom stereocenters. The van der Waals surface area contributed by atoms with Gasteiger partial charge in [0.1, 0.15) is 21.9 Å². The predicted molar refractivity (Wildman–Crippen MR) is 125 cm³/mol. The van der Waals surface area contributed by atoms with Crippen LogP contribution in [0.1, 0.15) is 0 Å². The van der Waals surface area contributed by atoms with Gasteiger partial charge in [0.15, 0.2) is 0 Å². The molecule has 2 aromatic carbocycles. The van der Waals surface area contributed by atoms with Crippen molar-refractivity contribution in [2.24, 2.45) is 0 Å². The van der Waals surface area contributed by atoms with Gasteiger partial charge >= 0.3 is 0 Å². The smallest absolute Gasteiger partial charge is 0.271 e. The Morgan fingerprint density at radius 2 is 1.94 bits per heavy atom. The van der Waals surface area contributed by atoms with Gasteiger partial charge in [-0.15, -0.1) is 11.3 Å². The minimum absolute atomic E-state index is 0.101. The molecule has 0 aliphatic carbocycles. The Morgan fingerprint density at radius 3 is 2.72 bits per heavy atom. The summed E-state index contributed by atoms with van der Waals surface area (Å²) >= 11 is 6.99. The lowest BCUT2D eigenvalue weighted by Gasteiger charge is -2.07. The van der Waals surface area contributed by atoms with Crippen LogP contribution in [0.15, 0.2) is 71.8 Å². The largest absolute Gasteiger partial charge is 0.324 e. The molecule has 0 bridgehead atoms. The molecule has 0 aliphatic heterocycles. The summed E-state index contributed by atoms with van der Waals surface area (Å²) in [5.41, 5.74) is 2.36. The number of rotatable bonds is 4. The normalized spacial score (nSPS) is 11.2. The number of carbonyl (C=O) groups excluding carboxylic acids is 1. The first-order valence-electron chi connectivity index (χ1n) is 9.58. The summed E-state index contributed by atoms with van der Waals surface area (Å²) in [6, 6.07) is 17.4. The second-order valence-electron chi connectivity index (χ2n) is 7.05. The third kappa shape index (κ3) is 3.74. The van der Waals surface area contributed by atoms with Crippen molar-refractivity contribution in [2.45, 2.75) is 6.54 Å². The number of pyridine rings is 1. The van der Waals surface area contributed by atoms with Crippen LogP contribution in [0.2, 0.25) is 5.02 Å². The molecule has 0 saturated heterocycles. The van der Waals surface area contributed by atoms with Gasteiger partial charge in [-0.1, -0.05) is 41.9 Å². The molecule has 158 valence electrons. The van der Waals surface area contributed by atoms with Gasteiger partial charge in [-0.25, -0.2) is 14.4 Å². The van der Waals surface area contributed by atoms with E-state index in [0.29, 0.717) is 20.7 Å². The summed E-state index contributed by atoms with van der Waals surface area (Å²) in [6.07, 6.45) is 1.35. The molecular weight excluding hydrogens is 451 g/mol.